The average molecular weight is 218 g/mol. The van der Waals surface area contributed by atoms with Gasteiger partial charge < -0.3 is 5.73 Å². The molecule has 1 aliphatic rings. The molecule has 2 nitrogen and oxygen atoms in total. The number of hydrogen-bond acceptors (Lipinski definition) is 2. The second-order valence-corrected chi connectivity index (χ2v) is 5.29. The molecule has 1 fully saturated rings. The topological polar surface area (TPSA) is 38.9 Å². The normalized spacial score (nSPS) is 19.2. The van der Waals surface area contributed by atoms with Crippen LogP contribution in [0.3, 0.4) is 0 Å². The van der Waals surface area contributed by atoms with Crippen LogP contribution in [0, 0.1) is 0 Å². The minimum absolute atomic E-state index is 0.168. The summed E-state index contributed by atoms with van der Waals surface area (Å²) in [6.45, 7) is 5.21. The maximum atomic E-state index is 6.03. The molecule has 2 heteroatoms. The lowest BCUT2D eigenvalue weighted by atomic mass is 9.78. The third kappa shape index (κ3) is 1.86. The maximum Gasteiger partial charge on any atom is 0.0512 e. The Morgan fingerprint density at radius 1 is 1.38 bits per heavy atom. The molecule has 0 spiro atoms. The van der Waals surface area contributed by atoms with Crippen LogP contribution < -0.4 is 5.73 Å². The van der Waals surface area contributed by atoms with Gasteiger partial charge in [-0.15, -0.1) is 0 Å². The van der Waals surface area contributed by atoms with E-state index in [2.05, 4.69) is 24.9 Å². The molecule has 1 aromatic heterocycles. The summed E-state index contributed by atoms with van der Waals surface area (Å²) >= 11 is 0. The number of rotatable bonds is 3. The Hall–Kier alpha value is -0.890. The first kappa shape index (κ1) is 11.6. The van der Waals surface area contributed by atoms with Gasteiger partial charge in [-0.3, -0.25) is 4.98 Å². The van der Waals surface area contributed by atoms with Crippen LogP contribution in [0.4, 0.5) is 0 Å². The molecule has 0 atom stereocenters. The molecule has 1 aliphatic carbocycles. The summed E-state index contributed by atoms with van der Waals surface area (Å²) in [5.74, 6) is 0.535. The van der Waals surface area contributed by atoms with Crippen molar-refractivity contribution in [1.82, 2.24) is 4.98 Å². The molecule has 1 saturated carbocycles. The fourth-order valence-electron chi connectivity index (χ4n) is 2.92. The third-order valence-electron chi connectivity index (χ3n) is 3.91. The summed E-state index contributed by atoms with van der Waals surface area (Å²) in [6, 6.07) is 4.25. The molecule has 0 amide bonds. The summed E-state index contributed by atoms with van der Waals surface area (Å²) in [5, 5.41) is 0. The minimum atomic E-state index is 0.168. The van der Waals surface area contributed by atoms with Crippen molar-refractivity contribution in [2.45, 2.75) is 50.9 Å². The first-order valence-corrected chi connectivity index (χ1v) is 6.35. The lowest BCUT2D eigenvalue weighted by Crippen LogP contribution is -2.34. The minimum Gasteiger partial charge on any atom is -0.330 e. The molecule has 0 aliphatic heterocycles. The van der Waals surface area contributed by atoms with Crippen molar-refractivity contribution in [2.24, 2.45) is 5.73 Å². The number of pyridine rings is 1. The number of nitrogens with two attached hydrogens (primary N) is 1. The fraction of sp³-hybridized carbons (Fsp3) is 0.643. The Morgan fingerprint density at radius 2 is 2.06 bits per heavy atom. The van der Waals surface area contributed by atoms with E-state index >= 15 is 0 Å². The van der Waals surface area contributed by atoms with Gasteiger partial charge in [-0.25, -0.2) is 0 Å². The van der Waals surface area contributed by atoms with Crippen LogP contribution in [0.15, 0.2) is 18.3 Å². The van der Waals surface area contributed by atoms with Crippen LogP contribution in [-0.4, -0.2) is 11.5 Å². The van der Waals surface area contributed by atoms with Crippen molar-refractivity contribution in [1.29, 1.82) is 0 Å². The average Bonchev–Trinajstić information content (AvgIpc) is 2.78. The molecule has 1 aromatic rings. The first-order valence-electron chi connectivity index (χ1n) is 6.35. The number of aromatic nitrogens is 1. The van der Waals surface area contributed by atoms with E-state index in [4.69, 9.17) is 5.73 Å². The fourth-order valence-corrected chi connectivity index (χ4v) is 2.92. The van der Waals surface area contributed by atoms with Crippen molar-refractivity contribution in [3.63, 3.8) is 0 Å². The number of hydrogen-bond donors (Lipinski definition) is 1. The second kappa shape index (κ2) is 4.54. The van der Waals surface area contributed by atoms with Crippen LogP contribution >= 0.6 is 0 Å². The molecular formula is C14H22N2. The van der Waals surface area contributed by atoms with Gasteiger partial charge in [-0.2, -0.15) is 0 Å². The predicted molar refractivity (Wildman–Crippen MR) is 67.5 cm³/mol. The van der Waals surface area contributed by atoms with Gasteiger partial charge in [0.25, 0.3) is 0 Å². The van der Waals surface area contributed by atoms with E-state index in [1.165, 1.54) is 36.9 Å². The zero-order valence-electron chi connectivity index (χ0n) is 10.4. The second-order valence-electron chi connectivity index (χ2n) is 5.29. The van der Waals surface area contributed by atoms with E-state index in [1.54, 1.807) is 0 Å². The maximum absolute atomic E-state index is 6.03. The van der Waals surface area contributed by atoms with Crippen LogP contribution in [-0.2, 0) is 5.41 Å². The smallest absolute Gasteiger partial charge is 0.0512 e. The van der Waals surface area contributed by atoms with Crippen molar-refractivity contribution < 1.29 is 0 Å². The van der Waals surface area contributed by atoms with E-state index in [0.29, 0.717) is 5.92 Å². The van der Waals surface area contributed by atoms with Crippen molar-refractivity contribution >= 4 is 0 Å². The molecule has 2 N–H and O–H groups in total. The highest BCUT2D eigenvalue weighted by molar-refractivity contribution is 5.31. The molecule has 1 heterocycles. The first-order chi connectivity index (χ1) is 7.69. The van der Waals surface area contributed by atoms with Gasteiger partial charge in [0.05, 0.1) is 5.69 Å². The molecule has 0 saturated heterocycles. The van der Waals surface area contributed by atoms with Crippen LogP contribution in [0.2, 0.25) is 0 Å². The summed E-state index contributed by atoms with van der Waals surface area (Å²) in [6.07, 6.45) is 6.92. The van der Waals surface area contributed by atoms with Crippen LogP contribution in [0.1, 0.15) is 56.7 Å². The van der Waals surface area contributed by atoms with Gasteiger partial charge in [0.1, 0.15) is 0 Å². The molecular weight excluding hydrogens is 196 g/mol. The standard InChI is InChI=1S/C14H22N2/c1-11(2)12-6-5-9-16-13(12)14(10-15)7-3-4-8-14/h5-6,9,11H,3-4,7-8,10,15H2,1-2H3. The molecule has 88 valence electrons. The summed E-state index contributed by atoms with van der Waals surface area (Å²) < 4.78 is 0. The Labute approximate surface area is 98.3 Å². The van der Waals surface area contributed by atoms with E-state index in [0.717, 1.165) is 6.54 Å². The van der Waals surface area contributed by atoms with Crippen LogP contribution in [0.25, 0.3) is 0 Å². The van der Waals surface area contributed by atoms with Crippen LogP contribution in [0.5, 0.6) is 0 Å². The SMILES string of the molecule is CC(C)c1cccnc1C1(CN)CCCC1. The molecule has 16 heavy (non-hydrogen) atoms. The van der Waals surface area contributed by atoms with Gasteiger partial charge in [-0.1, -0.05) is 32.8 Å². The van der Waals surface area contributed by atoms with E-state index in [9.17, 15) is 0 Å². The molecule has 0 radical (unpaired) electrons. The lowest BCUT2D eigenvalue weighted by molar-refractivity contribution is 0.433. The summed E-state index contributed by atoms with van der Waals surface area (Å²) in [7, 11) is 0. The zero-order valence-corrected chi connectivity index (χ0v) is 10.4. The zero-order chi connectivity index (χ0) is 11.6. The summed E-state index contributed by atoms with van der Waals surface area (Å²) in [5.41, 5.74) is 8.85. The van der Waals surface area contributed by atoms with Crippen molar-refractivity contribution in [2.75, 3.05) is 6.54 Å². The third-order valence-corrected chi connectivity index (χ3v) is 3.91. The van der Waals surface area contributed by atoms with Crippen molar-refractivity contribution in [3.8, 4) is 0 Å². The highest BCUT2D eigenvalue weighted by Gasteiger charge is 2.37. The quantitative estimate of drug-likeness (QED) is 0.847. The van der Waals surface area contributed by atoms with Gasteiger partial charge in [0.2, 0.25) is 0 Å². The van der Waals surface area contributed by atoms with Crippen molar-refractivity contribution in [3.05, 3.63) is 29.6 Å². The van der Waals surface area contributed by atoms with Gasteiger partial charge in [-0.05, 0) is 30.4 Å². The van der Waals surface area contributed by atoms with E-state index < -0.39 is 0 Å². The molecule has 2 rings (SSSR count). The monoisotopic (exact) mass is 218 g/mol. The Morgan fingerprint density at radius 3 is 2.62 bits per heavy atom. The molecule has 0 aromatic carbocycles. The molecule has 0 unspecified atom stereocenters. The number of nitrogens with zero attached hydrogens (tertiary/aromatic N) is 1. The van der Waals surface area contributed by atoms with E-state index in [1.807, 2.05) is 12.3 Å². The highest BCUT2D eigenvalue weighted by Crippen LogP contribution is 2.41. The predicted octanol–water partition coefficient (Wildman–Crippen LogP) is 2.98. The van der Waals surface area contributed by atoms with Gasteiger partial charge in [0, 0.05) is 18.2 Å². The molecule has 0 bridgehead atoms. The Balaban J connectivity index is 2.45. The Bertz CT molecular complexity index is 352. The van der Waals surface area contributed by atoms with Gasteiger partial charge in [0.15, 0.2) is 0 Å². The van der Waals surface area contributed by atoms with Gasteiger partial charge >= 0.3 is 0 Å². The highest BCUT2D eigenvalue weighted by atomic mass is 14.8. The van der Waals surface area contributed by atoms with E-state index in [-0.39, 0.29) is 5.41 Å². The lowest BCUT2D eigenvalue weighted by Gasteiger charge is -2.29. The Kier molecular flexibility index (Phi) is 3.29. The summed E-state index contributed by atoms with van der Waals surface area (Å²) in [4.78, 5) is 4.64. The largest absolute Gasteiger partial charge is 0.330 e.